The SMILES string of the molecule is CC(C)c1ccc(C(C)NC(=O)c2ccc(Br)s2)cc1. The fourth-order valence-electron chi connectivity index (χ4n) is 1.96. The molecule has 1 unspecified atom stereocenters. The summed E-state index contributed by atoms with van der Waals surface area (Å²) in [5.41, 5.74) is 2.44. The van der Waals surface area contributed by atoms with Crippen LogP contribution in [-0.2, 0) is 0 Å². The zero-order valence-corrected chi connectivity index (χ0v) is 14.2. The van der Waals surface area contributed by atoms with Gasteiger partial charge in [0.2, 0.25) is 0 Å². The highest BCUT2D eigenvalue weighted by atomic mass is 79.9. The van der Waals surface area contributed by atoms with Crippen LogP contribution in [0, 0.1) is 0 Å². The number of hydrogen-bond donors (Lipinski definition) is 1. The molecule has 20 heavy (non-hydrogen) atoms. The van der Waals surface area contributed by atoms with Crippen LogP contribution in [0.4, 0.5) is 0 Å². The standard InChI is InChI=1S/C16H18BrNOS/c1-10(2)12-4-6-13(7-5-12)11(3)18-16(19)14-8-9-15(17)20-14/h4-11H,1-3H3,(H,18,19). The number of nitrogens with one attached hydrogen (secondary N) is 1. The molecule has 0 saturated heterocycles. The quantitative estimate of drug-likeness (QED) is 0.813. The van der Waals surface area contributed by atoms with Gasteiger partial charge in [-0.2, -0.15) is 0 Å². The molecule has 1 amide bonds. The predicted molar refractivity (Wildman–Crippen MR) is 88.4 cm³/mol. The van der Waals surface area contributed by atoms with Gasteiger partial charge < -0.3 is 5.32 Å². The van der Waals surface area contributed by atoms with Crippen LogP contribution in [0.15, 0.2) is 40.2 Å². The molecular weight excluding hydrogens is 334 g/mol. The molecule has 2 nitrogen and oxygen atoms in total. The Bertz CT molecular complexity index is 589. The van der Waals surface area contributed by atoms with E-state index in [0.29, 0.717) is 5.92 Å². The molecule has 1 heterocycles. The molecule has 0 spiro atoms. The van der Waals surface area contributed by atoms with Gasteiger partial charge in [0.1, 0.15) is 0 Å². The van der Waals surface area contributed by atoms with E-state index in [1.165, 1.54) is 16.9 Å². The average molecular weight is 352 g/mol. The summed E-state index contributed by atoms with van der Waals surface area (Å²) in [7, 11) is 0. The summed E-state index contributed by atoms with van der Waals surface area (Å²) in [4.78, 5) is 12.8. The fourth-order valence-corrected chi connectivity index (χ4v) is 3.25. The van der Waals surface area contributed by atoms with E-state index in [-0.39, 0.29) is 11.9 Å². The summed E-state index contributed by atoms with van der Waals surface area (Å²) in [6, 6.07) is 12.2. The maximum absolute atomic E-state index is 12.1. The first-order valence-electron chi connectivity index (χ1n) is 6.63. The number of halogens is 1. The van der Waals surface area contributed by atoms with Crippen LogP contribution in [0.2, 0.25) is 0 Å². The van der Waals surface area contributed by atoms with E-state index in [2.05, 4.69) is 59.4 Å². The lowest BCUT2D eigenvalue weighted by Crippen LogP contribution is -2.25. The summed E-state index contributed by atoms with van der Waals surface area (Å²) < 4.78 is 0.969. The molecule has 0 aliphatic carbocycles. The van der Waals surface area contributed by atoms with Gasteiger partial charge in [0.25, 0.3) is 5.91 Å². The number of rotatable bonds is 4. The van der Waals surface area contributed by atoms with E-state index >= 15 is 0 Å². The van der Waals surface area contributed by atoms with Crippen molar-refractivity contribution in [3.05, 3.63) is 56.2 Å². The van der Waals surface area contributed by atoms with Crippen LogP contribution in [0.1, 0.15) is 53.5 Å². The number of benzene rings is 1. The van der Waals surface area contributed by atoms with Crippen molar-refractivity contribution in [2.45, 2.75) is 32.7 Å². The molecule has 0 bridgehead atoms. The molecule has 4 heteroatoms. The molecule has 1 N–H and O–H groups in total. The molecule has 1 atom stereocenters. The number of carbonyl (C=O) groups excluding carboxylic acids is 1. The predicted octanol–water partition coefficient (Wildman–Crippen LogP) is 5.13. The summed E-state index contributed by atoms with van der Waals surface area (Å²) in [5, 5.41) is 3.03. The van der Waals surface area contributed by atoms with Crippen molar-refractivity contribution in [3.8, 4) is 0 Å². The topological polar surface area (TPSA) is 29.1 Å². The molecule has 0 saturated carbocycles. The van der Waals surface area contributed by atoms with Gasteiger partial charge in [-0.25, -0.2) is 0 Å². The Balaban J connectivity index is 2.04. The van der Waals surface area contributed by atoms with Crippen LogP contribution in [0.25, 0.3) is 0 Å². The first kappa shape index (κ1) is 15.3. The van der Waals surface area contributed by atoms with Gasteiger partial charge in [0, 0.05) is 0 Å². The van der Waals surface area contributed by atoms with E-state index in [1.54, 1.807) is 0 Å². The van der Waals surface area contributed by atoms with Gasteiger partial charge >= 0.3 is 0 Å². The van der Waals surface area contributed by atoms with Gasteiger partial charge in [-0.05, 0) is 52.0 Å². The Morgan fingerprint density at radius 2 is 1.65 bits per heavy atom. The lowest BCUT2D eigenvalue weighted by Gasteiger charge is -2.15. The summed E-state index contributed by atoms with van der Waals surface area (Å²) in [6.07, 6.45) is 0. The number of carbonyl (C=O) groups is 1. The van der Waals surface area contributed by atoms with Crippen molar-refractivity contribution in [2.24, 2.45) is 0 Å². The van der Waals surface area contributed by atoms with Gasteiger partial charge in [-0.1, -0.05) is 38.1 Å². The smallest absolute Gasteiger partial charge is 0.261 e. The van der Waals surface area contributed by atoms with Crippen LogP contribution in [-0.4, -0.2) is 5.91 Å². The second kappa shape index (κ2) is 6.55. The number of amides is 1. The van der Waals surface area contributed by atoms with Crippen molar-refractivity contribution in [3.63, 3.8) is 0 Å². The third-order valence-electron chi connectivity index (χ3n) is 3.25. The zero-order valence-electron chi connectivity index (χ0n) is 11.8. The molecule has 1 aromatic heterocycles. The van der Waals surface area contributed by atoms with E-state index in [4.69, 9.17) is 0 Å². The van der Waals surface area contributed by atoms with Gasteiger partial charge in [-0.3, -0.25) is 4.79 Å². The van der Waals surface area contributed by atoms with Crippen LogP contribution >= 0.6 is 27.3 Å². The third kappa shape index (κ3) is 3.70. The molecule has 0 radical (unpaired) electrons. The lowest BCUT2D eigenvalue weighted by molar-refractivity contribution is 0.0944. The van der Waals surface area contributed by atoms with E-state index < -0.39 is 0 Å². The molecule has 0 fully saturated rings. The van der Waals surface area contributed by atoms with E-state index in [0.717, 1.165) is 14.2 Å². The summed E-state index contributed by atoms with van der Waals surface area (Å²) in [5.74, 6) is 0.499. The summed E-state index contributed by atoms with van der Waals surface area (Å²) in [6.45, 7) is 6.36. The minimum atomic E-state index is -0.0267. The van der Waals surface area contributed by atoms with Crippen molar-refractivity contribution in [2.75, 3.05) is 0 Å². The molecule has 1 aromatic carbocycles. The highest BCUT2D eigenvalue weighted by Gasteiger charge is 2.13. The first-order chi connectivity index (χ1) is 9.47. The average Bonchev–Trinajstić information content (AvgIpc) is 2.85. The van der Waals surface area contributed by atoms with Crippen molar-refractivity contribution in [1.82, 2.24) is 5.32 Å². The Morgan fingerprint density at radius 1 is 1.05 bits per heavy atom. The Kier molecular flexibility index (Phi) is 5.00. The Hall–Kier alpha value is -1.13. The van der Waals surface area contributed by atoms with Crippen LogP contribution < -0.4 is 5.32 Å². The van der Waals surface area contributed by atoms with E-state index in [1.807, 2.05) is 19.1 Å². The van der Waals surface area contributed by atoms with Crippen LogP contribution in [0.3, 0.4) is 0 Å². The van der Waals surface area contributed by atoms with Gasteiger partial charge in [0.15, 0.2) is 0 Å². The van der Waals surface area contributed by atoms with Crippen molar-refractivity contribution in [1.29, 1.82) is 0 Å². The molecule has 0 aliphatic rings. The Morgan fingerprint density at radius 3 is 2.15 bits per heavy atom. The van der Waals surface area contributed by atoms with Crippen molar-refractivity contribution >= 4 is 33.2 Å². The zero-order chi connectivity index (χ0) is 14.7. The van der Waals surface area contributed by atoms with Gasteiger partial charge in [-0.15, -0.1) is 11.3 Å². The lowest BCUT2D eigenvalue weighted by atomic mass is 9.99. The highest BCUT2D eigenvalue weighted by molar-refractivity contribution is 9.11. The molecule has 0 aliphatic heterocycles. The molecule has 2 rings (SSSR count). The minimum absolute atomic E-state index is 0.00425. The van der Waals surface area contributed by atoms with Gasteiger partial charge in [0.05, 0.1) is 14.7 Å². The third-order valence-corrected chi connectivity index (χ3v) is 4.87. The molecule has 106 valence electrons. The molecular formula is C16H18BrNOS. The maximum atomic E-state index is 12.1. The fraction of sp³-hybridized carbons (Fsp3) is 0.312. The number of hydrogen-bond acceptors (Lipinski definition) is 2. The highest BCUT2D eigenvalue weighted by Crippen LogP contribution is 2.23. The van der Waals surface area contributed by atoms with Crippen molar-refractivity contribution < 1.29 is 4.79 Å². The second-order valence-corrected chi connectivity index (χ2v) is 7.58. The maximum Gasteiger partial charge on any atom is 0.261 e. The minimum Gasteiger partial charge on any atom is -0.345 e. The Labute approximate surface area is 132 Å². The summed E-state index contributed by atoms with van der Waals surface area (Å²) >= 11 is 4.82. The second-order valence-electron chi connectivity index (χ2n) is 5.12. The largest absolute Gasteiger partial charge is 0.345 e. The van der Waals surface area contributed by atoms with E-state index in [9.17, 15) is 4.79 Å². The normalized spacial score (nSPS) is 12.4. The monoisotopic (exact) mass is 351 g/mol. The number of thiophene rings is 1. The van der Waals surface area contributed by atoms with Crippen LogP contribution in [0.5, 0.6) is 0 Å². The first-order valence-corrected chi connectivity index (χ1v) is 8.24. The molecule has 2 aromatic rings.